The van der Waals surface area contributed by atoms with Crippen LogP contribution in [-0.2, 0) is 6.42 Å². The van der Waals surface area contributed by atoms with Gasteiger partial charge in [0.15, 0.2) is 5.78 Å². The molecular weight excluding hydrogens is 338 g/mol. The van der Waals surface area contributed by atoms with Gasteiger partial charge in [0.2, 0.25) is 0 Å². The van der Waals surface area contributed by atoms with Crippen LogP contribution in [-0.4, -0.2) is 17.0 Å². The van der Waals surface area contributed by atoms with Gasteiger partial charge >= 0.3 is 0 Å². The monoisotopic (exact) mass is 359 g/mol. The molecule has 0 unspecified atom stereocenters. The number of ether oxygens (including phenoxy) is 1. The van der Waals surface area contributed by atoms with Gasteiger partial charge < -0.3 is 15.9 Å². The number of Topliss-reactive ketones (excluding diaryl/α,β-unsaturated/α-hetero) is 1. The molecule has 0 saturated carbocycles. The van der Waals surface area contributed by atoms with Crippen molar-refractivity contribution in [2.24, 2.45) is 0 Å². The Morgan fingerprint density at radius 2 is 1.93 bits per heavy atom. The summed E-state index contributed by atoms with van der Waals surface area (Å²) in [7, 11) is 0. The molecule has 0 aliphatic heterocycles. The number of nitrogen functional groups attached to an aromatic ring is 1. The molecule has 0 radical (unpaired) electrons. The highest BCUT2D eigenvalue weighted by Gasteiger charge is 2.10. The fraction of sp³-hybridized carbons (Fsp3) is 0.136. The number of hydrogen-bond donors (Lipinski definition) is 2. The normalized spacial score (nSPS) is 10.4. The van der Waals surface area contributed by atoms with E-state index in [1.807, 2.05) is 31.2 Å². The second-order valence-corrected chi connectivity index (χ2v) is 6.20. The molecule has 0 aliphatic rings. The molecule has 0 saturated heterocycles. The molecule has 3 rings (SSSR count). The van der Waals surface area contributed by atoms with E-state index < -0.39 is 0 Å². The Balaban J connectivity index is 1.91. The molecule has 1 heterocycles. The van der Waals surface area contributed by atoms with E-state index >= 15 is 0 Å². The number of ketones is 1. The number of carbonyl (C=O) groups is 1. The van der Waals surface area contributed by atoms with Crippen molar-refractivity contribution in [3.05, 3.63) is 71.4 Å². The van der Waals surface area contributed by atoms with E-state index in [9.17, 15) is 4.79 Å². The lowest BCUT2D eigenvalue weighted by atomic mass is 9.98. The number of pyridine rings is 1. The number of nitrogens with two attached hydrogens (primary N) is 1. The summed E-state index contributed by atoms with van der Waals surface area (Å²) in [5, 5.41) is 7.30. The minimum atomic E-state index is 0.0643. The minimum absolute atomic E-state index is 0.0643. The number of nitrogens with zero attached hydrogens (tertiary/aromatic N) is 1. The number of aromatic nitrogens is 1. The van der Waals surface area contributed by atoms with Crippen LogP contribution in [0.4, 0.5) is 5.69 Å². The molecular formula is C22H21N3O2. The van der Waals surface area contributed by atoms with Crippen molar-refractivity contribution in [2.75, 3.05) is 5.73 Å². The molecule has 0 aliphatic carbocycles. The summed E-state index contributed by atoms with van der Waals surface area (Å²) < 4.78 is 5.89. The Kier molecular flexibility index (Phi) is 5.31. The first kappa shape index (κ1) is 18.3. The van der Waals surface area contributed by atoms with Gasteiger partial charge in [-0.1, -0.05) is 19.1 Å². The predicted octanol–water partition coefficient (Wildman–Crippen LogP) is 4.89. The second kappa shape index (κ2) is 7.83. The zero-order valence-corrected chi connectivity index (χ0v) is 15.3. The third-order valence-electron chi connectivity index (χ3n) is 4.34. The molecule has 27 heavy (non-hydrogen) atoms. The van der Waals surface area contributed by atoms with Gasteiger partial charge in [-0.25, -0.2) is 0 Å². The first-order valence-electron chi connectivity index (χ1n) is 8.70. The summed E-state index contributed by atoms with van der Waals surface area (Å²) in [6, 6.07) is 14.6. The van der Waals surface area contributed by atoms with Gasteiger partial charge in [-0.2, -0.15) is 0 Å². The van der Waals surface area contributed by atoms with E-state index in [1.165, 1.54) is 6.21 Å². The van der Waals surface area contributed by atoms with E-state index in [0.29, 0.717) is 22.7 Å². The van der Waals surface area contributed by atoms with Crippen molar-refractivity contribution in [3.8, 4) is 22.8 Å². The maximum Gasteiger partial charge on any atom is 0.160 e. The number of anilines is 1. The van der Waals surface area contributed by atoms with E-state index in [4.69, 9.17) is 15.9 Å². The van der Waals surface area contributed by atoms with Crippen LogP contribution >= 0.6 is 0 Å². The van der Waals surface area contributed by atoms with Crippen molar-refractivity contribution >= 4 is 17.7 Å². The van der Waals surface area contributed by atoms with Crippen LogP contribution in [0.1, 0.15) is 35.3 Å². The van der Waals surface area contributed by atoms with E-state index in [2.05, 4.69) is 4.98 Å². The van der Waals surface area contributed by atoms with Crippen molar-refractivity contribution in [1.82, 2.24) is 4.98 Å². The largest absolute Gasteiger partial charge is 0.457 e. The topological polar surface area (TPSA) is 89.1 Å². The van der Waals surface area contributed by atoms with Crippen LogP contribution in [0.3, 0.4) is 0 Å². The first-order chi connectivity index (χ1) is 13.0. The highest BCUT2D eigenvalue weighted by atomic mass is 16.5. The molecule has 3 aromatic rings. The molecule has 0 atom stereocenters. The third-order valence-corrected chi connectivity index (χ3v) is 4.34. The molecule has 0 spiro atoms. The van der Waals surface area contributed by atoms with Crippen LogP contribution in [0.5, 0.6) is 11.5 Å². The Hall–Kier alpha value is -3.47. The molecule has 5 nitrogen and oxygen atoms in total. The number of aryl methyl sites for hydroxylation is 1. The van der Waals surface area contributed by atoms with Crippen LogP contribution < -0.4 is 10.5 Å². The molecule has 0 amide bonds. The maximum atomic E-state index is 11.7. The van der Waals surface area contributed by atoms with Crippen LogP contribution in [0.2, 0.25) is 0 Å². The molecule has 1 aromatic heterocycles. The number of hydrogen-bond acceptors (Lipinski definition) is 5. The standard InChI is InChI=1S/C22H21N3O2/c1-3-15-10-16(5-7-20(15)14(2)26)22-12-19(8-9-25-22)27-18-6-4-17(13-23)21(24)11-18/h4-13,23H,3,24H2,1-2H3. The average molecular weight is 359 g/mol. The Labute approximate surface area is 158 Å². The Bertz CT molecular complexity index is 1010. The van der Waals surface area contributed by atoms with Crippen LogP contribution in [0, 0.1) is 5.41 Å². The lowest BCUT2D eigenvalue weighted by Gasteiger charge is -2.11. The van der Waals surface area contributed by atoms with Gasteiger partial charge in [-0.15, -0.1) is 0 Å². The Morgan fingerprint density at radius 3 is 2.59 bits per heavy atom. The highest BCUT2D eigenvalue weighted by Crippen LogP contribution is 2.28. The van der Waals surface area contributed by atoms with Crippen molar-refractivity contribution in [2.45, 2.75) is 20.3 Å². The molecule has 136 valence electrons. The summed E-state index contributed by atoms with van der Waals surface area (Å²) in [6.07, 6.45) is 3.67. The third kappa shape index (κ3) is 4.03. The smallest absolute Gasteiger partial charge is 0.160 e. The van der Waals surface area contributed by atoms with Gasteiger partial charge in [0, 0.05) is 46.9 Å². The summed E-state index contributed by atoms with van der Waals surface area (Å²) in [5.74, 6) is 1.29. The fourth-order valence-corrected chi connectivity index (χ4v) is 2.91. The van der Waals surface area contributed by atoms with Crippen LogP contribution in [0.25, 0.3) is 11.3 Å². The summed E-state index contributed by atoms with van der Waals surface area (Å²) in [5.41, 5.74) is 10.5. The summed E-state index contributed by atoms with van der Waals surface area (Å²) >= 11 is 0. The van der Waals surface area contributed by atoms with E-state index in [0.717, 1.165) is 28.8 Å². The molecule has 5 heteroatoms. The lowest BCUT2D eigenvalue weighted by molar-refractivity contribution is 0.101. The zero-order chi connectivity index (χ0) is 19.4. The molecule has 0 fully saturated rings. The maximum absolute atomic E-state index is 11.7. The fourth-order valence-electron chi connectivity index (χ4n) is 2.91. The van der Waals surface area contributed by atoms with Gasteiger partial charge in [-0.3, -0.25) is 9.78 Å². The van der Waals surface area contributed by atoms with Gasteiger partial charge in [-0.05, 0) is 43.2 Å². The number of carbonyl (C=O) groups excluding carboxylic acids is 1. The SMILES string of the molecule is CCc1cc(-c2cc(Oc3ccc(C=N)c(N)c3)ccn2)ccc1C(C)=O. The average Bonchev–Trinajstić information content (AvgIpc) is 2.67. The van der Waals surface area contributed by atoms with E-state index in [1.54, 1.807) is 37.4 Å². The summed E-state index contributed by atoms with van der Waals surface area (Å²) in [4.78, 5) is 16.2. The predicted molar refractivity (Wildman–Crippen MR) is 108 cm³/mol. The lowest BCUT2D eigenvalue weighted by Crippen LogP contribution is -1.99. The Morgan fingerprint density at radius 1 is 1.15 bits per heavy atom. The number of nitrogens with one attached hydrogen (secondary N) is 1. The van der Waals surface area contributed by atoms with Crippen LogP contribution in [0.15, 0.2) is 54.7 Å². The zero-order valence-electron chi connectivity index (χ0n) is 15.3. The van der Waals surface area contributed by atoms with Crippen molar-refractivity contribution < 1.29 is 9.53 Å². The van der Waals surface area contributed by atoms with Crippen molar-refractivity contribution in [1.29, 1.82) is 5.41 Å². The molecule has 0 bridgehead atoms. The molecule has 2 aromatic carbocycles. The number of benzene rings is 2. The molecule has 3 N–H and O–H groups in total. The van der Waals surface area contributed by atoms with Gasteiger partial charge in [0.05, 0.1) is 5.69 Å². The summed E-state index contributed by atoms with van der Waals surface area (Å²) in [6.45, 7) is 3.61. The highest BCUT2D eigenvalue weighted by molar-refractivity contribution is 5.96. The number of rotatable bonds is 6. The van der Waals surface area contributed by atoms with Crippen molar-refractivity contribution in [3.63, 3.8) is 0 Å². The quantitative estimate of drug-likeness (QED) is 0.373. The van der Waals surface area contributed by atoms with E-state index in [-0.39, 0.29) is 5.78 Å². The minimum Gasteiger partial charge on any atom is -0.457 e. The van der Waals surface area contributed by atoms with Gasteiger partial charge in [0.1, 0.15) is 11.5 Å². The van der Waals surface area contributed by atoms with Gasteiger partial charge in [0.25, 0.3) is 0 Å². The first-order valence-corrected chi connectivity index (χ1v) is 8.70. The second-order valence-electron chi connectivity index (χ2n) is 6.20.